The van der Waals surface area contributed by atoms with Crippen molar-refractivity contribution in [1.29, 1.82) is 0 Å². The second kappa shape index (κ2) is 19.2. The number of phenolic OH excluding ortho intramolecular Hbond substituents is 2. The number of rotatable bonds is 11. The highest BCUT2D eigenvalue weighted by molar-refractivity contribution is 8.76. The normalized spacial score (nSPS) is 28.6. The molecule has 2 bridgehead atoms. The van der Waals surface area contributed by atoms with E-state index >= 15 is 0 Å². The molecule has 0 saturated heterocycles. The Morgan fingerprint density at radius 1 is 1.09 bits per heavy atom. The van der Waals surface area contributed by atoms with Crippen LogP contribution in [0, 0.1) is 29.1 Å². The molecule has 1 heterocycles. The summed E-state index contributed by atoms with van der Waals surface area (Å²) in [5.74, 6) is 3.59. The van der Waals surface area contributed by atoms with Crippen molar-refractivity contribution in [2.24, 2.45) is 34.1 Å². The van der Waals surface area contributed by atoms with Crippen molar-refractivity contribution in [3.63, 3.8) is 0 Å². The number of hydrogen-bond acceptors (Lipinski definition) is 11. The van der Waals surface area contributed by atoms with Gasteiger partial charge in [0.1, 0.15) is 5.60 Å². The molecule has 0 amide bonds. The predicted molar refractivity (Wildman–Crippen MR) is 220 cm³/mol. The second-order valence-electron chi connectivity index (χ2n) is 15.5. The molecule has 54 heavy (non-hydrogen) atoms. The maximum atomic E-state index is 14.6. The summed E-state index contributed by atoms with van der Waals surface area (Å²) in [6.45, 7) is 4.92. The zero-order chi connectivity index (χ0) is 38.9. The molecular formula is C41H60N4O7S2. The molecular weight excluding hydrogens is 725 g/mol. The zero-order valence-corrected chi connectivity index (χ0v) is 34.3. The fourth-order valence-corrected chi connectivity index (χ4v) is 10.8. The van der Waals surface area contributed by atoms with Gasteiger partial charge in [-0.05, 0) is 117 Å². The number of aromatic hydroxyl groups is 2. The molecule has 5 rings (SSSR count). The molecule has 0 unspecified atom stereocenters. The van der Waals surface area contributed by atoms with Crippen LogP contribution in [-0.4, -0.2) is 85.4 Å². The Bertz CT molecular complexity index is 1640. The Kier molecular flexibility index (Phi) is 14.9. The van der Waals surface area contributed by atoms with Crippen LogP contribution in [0.5, 0.6) is 23.0 Å². The summed E-state index contributed by atoms with van der Waals surface area (Å²) < 4.78 is 17.4. The van der Waals surface area contributed by atoms with E-state index in [1.807, 2.05) is 37.4 Å². The van der Waals surface area contributed by atoms with Gasteiger partial charge in [-0.3, -0.25) is 9.79 Å². The SMILES string of the molecule is CN=C1NCSSC[C@@H]2CCC[C@]2(Cc2ccc(O)c(OC)c2)C(=O)/C=C/[C@H](C(C)C)Cc2cc(c(O)c(O[C@@]3(CNC)CC[C@H](C[C@H](O)OC)C3)c2)N1. The fourth-order valence-electron chi connectivity index (χ4n) is 8.56. The van der Waals surface area contributed by atoms with Crippen molar-refractivity contribution in [2.75, 3.05) is 51.8 Å². The van der Waals surface area contributed by atoms with Crippen LogP contribution in [0.15, 0.2) is 47.5 Å². The van der Waals surface area contributed by atoms with Gasteiger partial charge in [0.25, 0.3) is 0 Å². The van der Waals surface area contributed by atoms with E-state index in [0.717, 1.165) is 49.0 Å². The largest absolute Gasteiger partial charge is 0.504 e. The van der Waals surface area contributed by atoms with E-state index in [2.05, 4.69) is 40.9 Å². The lowest BCUT2D eigenvalue weighted by molar-refractivity contribution is -0.125. The molecule has 6 atom stereocenters. The van der Waals surface area contributed by atoms with Crippen LogP contribution >= 0.6 is 21.6 Å². The molecule has 13 heteroatoms. The Balaban J connectivity index is 1.50. The average Bonchev–Trinajstić information content (AvgIpc) is 3.74. The van der Waals surface area contributed by atoms with Crippen LogP contribution in [0.4, 0.5) is 5.69 Å². The third-order valence-corrected chi connectivity index (χ3v) is 13.8. The van der Waals surface area contributed by atoms with Gasteiger partial charge in [0.15, 0.2) is 41.0 Å². The van der Waals surface area contributed by atoms with E-state index in [0.29, 0.717) is 61.3 Å². The number of benzene rings is 2. The number of ketones is 1. The molecule has 298 valence electrons. The number of guanidine groups is 1. The molecule has 3 aliphatic rings. The summed E-state index contributed by atoms with van der Waals surface area (Å²) >= 11 is 0. The standard InChI is InChI=1S/C41H60N4O7S2/c1-26(2)30-10-12-36(47)41(22-27-9-11-33(46)34(18-27)50-5)14-7-8-31(41)23-53-54-25-44-39(43-4)45-32-17-29(16-30)19-35(38(32)49)52-40(24-42-3)15-13-28(21-40)20-37(48)51-6/h9-12,17-19,26,28,30-31,37,42,46,48-49H,7-8,13-16,20-25H2,1-6H3,(H2,43,44,45)/b12-10+/t28-,30+,31+,37-,40+,41-/m1/s1. The van der Waals surface area contributed by atoms with Crippen molar-refractivity contribution >= 4 is 39.0 Å². The summed E-state index contributed by atoms with van der Waals surface area (Å²) in [5.41, 5.74) is 1.27. The number of phenols is 2. The number of nitrogens with zero attached hydrogens (tertiary/aromatic N) is 1. The molecule has 2 aromatic carbocycles. The first-order valence-corrected chi connectivity index (χ1v) is 21.6. The van der Waals surface area contributed by atoms with E-state index in [9.17, 15) is 20.1 Å². The number of aliphatic hydroxyl groups is 1. The third kappa shape index (κ3) is 10.2. The molecule has 0 radical (unpaired) electrons. The molecule has 2 saturated carbocycles. The lowest BCUT2D eigenvalue weighted by Gasteiger charge is -2.34. The summed E-state index contributed by atoms with van der Waals surface area (Å²) in [5, 5.41) is 42.2. The quantitative estimate of drug-likeness (QED) is 0.0798. The van der Waals surface area contributed by atoms with Gasteiger partial charge in [0, 0.05) is 38.3 Å². The number of nitrogens with one attached hydrogen (secondary N) is 3. The molecule has 11 nitrogen and oxygen atoms in total. The van der Waals surface area contributed by atoms with E-state index in [1.54, 1.807) is 41.8 Å². The highest BCUT2D eigenvalue weighted by Gasteiger charge is 2.47. The average molecular weight is 785 g/mol. The van der Waals surface area contributed by atoms with Gasteiger partial charge in [-0.15, -0.1) is 0 Å². The minimum Gasteiger partial charge on any atom is -0.504 e. The van der Waals surface area contributed by atoms with Gasteiger partial charge >= 0.3 is 0 Å². The van der Waals surface area contributed by atoms with E-state index in [4.69, 9.17) is 14.2 Å². The zero-order valence-electron chi connectivity index (χ0n) is 32.7. The van der Waals surface area contributed by atoms with Crippen LogP contribution in [0.1, 0.15) is 69.9 Å². The fraction of sp³-hybridized carbons (Fsp3) is 0.610. The highest BCUT2D eigenvalue weighted by Crippen LogP contribution is 2.50. The van der Waals surface area contributed by atoms with Crippen molar-refractivity contribution in [1.82, 2.24) is 10.6 Å². The van der Waals surface area contributed by atoms with E-state index < -0.39 is 17.3 Å². The maximum Gasteiger partial charge on any atom is 0.196 e. The Hall–Kier alpha value is -3.10. The van der Waals surface area contributed by atoms with Crippen LogP contribution in [0.3, 0.4) is 0 Å². The summed E-state index contributed by atoms with van der Waals surface area (Å²) in [6, 6.07) is 9.30. The number of carbonyl (C=O) groups excluding carboxylic acids is 1. The first-order valence-electron chi connectivity index (χ1n) is 19.2. The summed E-state index contributed by atoms with van der Waals surface area (Å²) in [4.78, 5) is 19.1. The number of fused-ring (bicyclic) bond motifs is 3. The molecule has 2 aromatic rings. The number of aliphatic hydroxyl groups excluding tert-OH is 1. The number of anilines is 1. The van der Waals surface area contributed by atoms with Crippen molar-refractivity contribution in [3.8, 4) is 23.0 Å². The summed E-state index contributed by atoms with van der Waals surface area (Å²) in [6.07, 6.45) is 9.92. The van der Waals surface area contributed by atoms with Gasteiger partial charge in [-0.2, -0.15) is 0 Å². The number of ether oxygens (including phenoxy) is 3. The third-order valence-electron chi connectivity index (χ3n) is 11.6. The number of likely N-dealkylation sites (N-methyl/N-ethyl adjacent to an activating group) is 1. The highest BCUT2D eigenvalue weighted by atomic mass is 33.1. The molecule has 2 aliphatic carbocycles. The second-order valence-corrected chi connectivity index (χ2v) is 18.0. The van der Waals surface area contributed by atoms with Crippen LogP contribution in [-0.2, 0) is 22.4 Å². The smallest absolute Gasteiger partial charge is 0.196 e. The number of methoxy groups -OCH3 is 2. The van der Waals surface area contributed by atoms with Crippen molar-refractivity contribution in [2.45, 2.75) is 83.5 Å². The van der Waals surface area contributed by atoms with Gasteiger partial charge in [0.2, 0.25) is 0 Å². The Morgan fingerprint density at radius 3 is 2.63 bits per heavy atom. The minimum absolute atomic E-state index is 0.00458. The molecule has 1 aliphatic heterocycles. The molecule has 0 spiro atoms. The van der Waals surface area contributed by atoms with Gasteiger partial charge in [0.05, 0.1) is 18.7 Å². The molecule has 0 aromatic heterocycles. The van der Waals surface area contributed by atoms with Crippen LogP contribution in [0.2, 0.25) is 0 Å². The van der Waals surface area contributed by atoms with Gasteiger partial charge < -0.3 is 45.5 Å². The van der Waals surface area contributed by atoms with Gasteiger partial charge in [-0.25, -0.2) is 0 Å². The number of carbonyl (C=O) groups is 1. The number of hydrogen-bond donors (Lipinski definition) is 6. The Labute approximate surface area is 328 Å². The van der Waals surface area contributed by atoms with Gasteiger partial charge in [-0.1, -0.05) is 54.0 Å². The monoisotopic (exact) mass is 784 g/mol. The minimum atomic E-state index is -0.827. The predicted octanol–water partition coefficient (Wildman–Crippen LogP) is 6.91. The first kappa shape index (κ1) is 42.1. The Morgan fingerprint density at radius 2 is 1.91 bits per heavy atom. The molecule has 6 N–H and O–H groups in total. The molecule has 2 fully saturated rings. The van der Waals surface area contributed by atoms with Crippen molar-refractivity contribution in [3.05, 3.63) is 53.6 Å². The topological polar surface area (TPSA) is 154 Å². The first-order chi connectivity index (χ1) is 25.9. The lowest BCUT2D eigenvalue weighted by atomic mass is 9.70. The van der Waals surface area contributed by atoms with Crippen molar-refractivity contribution < 1.29 is 34.3 Å². The lowest BCUT2D eigenvalue weighted by Crippen LogP contribution is -2.43. The van der Waals surface area contributed by atoms with E-state index in [-0.39, 0.29) is 41.0 Å². The number of allylic oxidation sites excluding steroid dienone is 2. The van der Waals surface area contributed by atoms with Crippen LogP contribution < -0.4 is 25.4 Å². The number of aliphatic imine (C=N–C) groups is 1. The van der Waals surface area contributed by atoms with Crippen LogP contribution in [0.25, 0.3) is 0 Å². The maximum absolute atomic E-state index is 14.6. The van der Waals surface area contributed by atoms with E-state index in [1.165, 1.54) is 7.11 Å². The summed E-state index contributed by atoms with van der Waals surface area (Å²) in [7, 11) is 10.1.